The molecule has 0 aromatic heterocycles. The van der Waals surface area contributed by atoms with Crippen LogP contribution in [-0.2, 0) is 9.59 Å². The van der Waals surface area contributed by atoms with Gasteiger partial charge in [0, 0.05) is 0 Å². The van der Waals surface area contributed by atoms with Crippen LogP contribution in [0.1, 0.15) is 45.6 Å². The van der Waals surface area contributed by atoms with E-state index in [0.717, 1.165) is 29.5 Å². The number of amides is 2. The van der Waals surface area contributed by atoms with Gasteiger partial charge >= 0.3 is 29.6 Å². The second-order valence-electron chi connectivity index (χ2n) is 7.21. The molecule has 0 fully saturated rings. The Bertz CT molecular complexity index is 970. The Morgan fingerprint density at radius 1 is 1.10 bits per heavy atom. The van der Waals surface area contributed by atoms with E-state index in [4.69, 9.17) is 5.26 Å². The number of aliphatic imine (C=N–C) groups is 1. The van der Waals surface area contributed by atoms with Crippen LogP contribution in [0, 0.1) is 22.7 Å². The zero-order chi connectivity index (χ0) is 22.1. The summed E-state index contributed by atoms with van der Waals surface area (Å²) in [6.45, 7) is 5.62. The number of amidine groups is 1. The molecule has 3 rings (SSSR count). The molecule has 0 radical (unpaired) electrons. The molecule has 2 aromatic carbocycles. The zero-order valence-electron chi connectivity index (χ0n) is 18.5. The van der Waals surface area contributed by atoms with Crippen molar-refractivity contribution in [1.29, 1.82) is 5.26 Å². The summed E-state index contributed by atoms with van der Waals surface area (Å²) >= 11 is 0. The maximum atomic E-state index is 11.9. The van der Waals surface area contributed by atoms with Gasteiger partial charge in [-0.1, -0.05) is 75.7 Å². The third-order valence-electron chi connectivity index (χ3n) is 5.46. The Morgan fingerprint density at radius 2 is 1.71 bits per heavy atom. The molecule has 0 saturated carbocycles. The van der Waals surface area contributed by atoms with Gasteiger partial charge in [0.15, 0.2) is 0 Å². The molecule has 0 bridgehead atoms. The van der Waals surface area contributed by atoms with E-state index < -0.39 is 23.3 Å². The van der Waals surface area contributed by atoms with Gasteiger partial charge in [0.2, 0.25) is 5.91 Å². The quantitative estimate of drug-likeness (QED) is 0.551. The Balaban J connectivity index is 0.000000302. The number of nitrogens with zero attached hydrogens (tertiary/aromatic N) is 2. The van der Waals surface area contributed by atoms with Crippen molar-refractivity contribution >= 4 is 17.8 Å². The summed E-state index contributed by atoms with van der Waals surface area (Å²) in [5.74, 6) is -1.20. The average Bonchev–Trinajstić information content (AvgIpc) is 2.75. The molecule has 0 saturated heterocycles. The molecule has 1 aliphatic rings. The maximum absolute atomic E-state index is 11.9. The summed E-state index contributed by atoms with van der Waals surface area (Å²) < 4.78 is 0. The van der Waals surface area contributed by atoms with Crippen LogP contribution in [0.3, 0.4) is 0 Å². The predicted molar refractivity (Wildman–Crippen MR) is 114 cm³/mol. The van der Waals surface area contributed by atoms with Crippen molar-refractivity contribution in [3.05, 3.63) is 60.2 Å². The van der Waals surface area contributed by atoms with Gasteiger partial charge in [-0.15, -0.1) is 0 Å². The minimum Gasteiger partial charge on any atom is -0.846 e. The fraction of sp³-hybridized carbons (Fsp3) is 0.333. The van der Waals surface area contributed by atoms with Crippen molar-refractivity contribution in [3.8, 4) is 17.2 Å². The van der Waals surface area contributed by atoms with Gasteiger partial charge < -0.3 is 10.4 Å². The number of benzene rings is 2. The van der Waals surface area contributed by atoms with Crippen molar-refractivity contribution in [2.75, 3.05) is 0 Å². The SMILES string of the molecule is CCCC(C)C1(CC)C(=O)N=C([O-])NC1=O.N#Cc1ccccc1-c1ccccc1.[Na+]. The minimum absolute atomic E-state index is 0. The van der Waals surface area contributed by atoms with Crippen molar-refractivity contribution in [3.63, 3.8) is 0 Å². The number of carbonyl (C=O) groups excluding carboxylic acids is 2. The molecule has 1 N–H and O–H groups in total. The van der Waals surface area contributed by atoms with Crippen molar-refractivity contribution in [2.45, 2.75) is 40.0 Å². The average molecular weight is 427 g/mol. The van der Waals surface area contributed by atoms with E-state index in [1.54, 1.807) is 6.92 Å². The number of rotatable bonds is 5. The van der Waals surface area contributed by atoms with Crippen LogP contribution in [0.15, 0.2) is 59.6 Å². The topological polar surface area (TPSA) is 105 Å². The van der Waals surface area contributed by atoms with Crippen molar-refractivity contribution in [1.82, 2.24) is 5.32 Å². The molecule has 6 nitrogen and oxygen atoms in total. The van der Waals surface area contributed by atoms with Crippen LogP contribution in [0.4, 0.5) is 0 Å². The van der Waals surface area contributed by atoms with Crippen LogP contribution < -0.4 is 40.0 Å². The Kier molecular flexibility index (Phi) is 10.6. The number of hydrogen-bond acceptors (Lipinski definition) is 4. The van der Waals surface area contributed by atoms with Gasteiger partial charge in [-0.05, 0) is 36.0 Å². The molecule has 0 aliphatic carbocycles. The fourth-order valence-electron chi connectivity index (χ4n) is 3.75. The smallest absolute Gasteiger partial charge is 0.846 e. The molecule has 1 aliphatic heterocycles. The van der Waals surface area contributed by atoms with Gasteiger partial charge in [-0.2, -0.15) is 5.26 Å². The van der Waals surface area contributed by atoms with Gasteiger partial charge in [-0.25, -0.2) is 4.99 Å². The van der Waals surface area contributed by atoms with E-state index in [1.165, 1.54) is 0 Å². The molecule has 2 atom stereocenters. The molecule has 0 spiro atoms. The van der Waals surface area contributed by atoms with E-state index in [2.05, 4.69) is 16.4 Å². The first kappa shape index (κ1) is 26.6. The molecule has 2 amide bonds. The van der Waals surface area contributed by atoms with E-state index in [9.17, 15) is 14.7 Å². The second-order valence-corrected chi connectivity index (χ2v) is 7.21. The number of hydrogen-bond donors (Lipinski definition) is 1. The number of carbonyl (C=O) groups is 2. The predicted octanol–water partition coefficient (Wildman–Crippen LogP) is 0.421. The normalized spacial score (nSPS) is 18.3. The first-order valence-corrected chi connectivity index (χ1v) is 10.1. The van der Waals surface area contributed by atoms with Crippen LogP contribution in [0.2, 0.25) is 0 Å². The van der Waals surface area contributed by atoms with E-state index >= 15 is 0 Å². The van der Waals surface area contributed by atoms with Crippen LogP contribution >= 0.6 is 0 Å². The van der Waals surface area contributed by atoms with Crippen LogP contribution in [0.5, 0.6) is 0 Å². The van der Waals surface area contributed by atoms with Gasteiger partial charge in [0.05, 0.1) is 17.7 Å². The monoisotopic (exact) mass is 427 g/mol. The molecular weight excluding hydrogens is 401 g/mol. The third kappa shape index (κ3) is 6.04. The molecule has 156 valence electrons. The zero-order valence-corrected chi connectivity index (χ0v) is 20.5. The Morgan fingerprint density at radius 3 is 2.26 bits per heavy atom. The summed E-state index contributed by atoms with van der Waals surface area (Å²) in [5, 5.41) is 22.0. The largest absolute Gasteiger partial charge is 1.00 e. The van der Waals surface area contributed by atoms with Crippen molar-refractivity contribution < 1.29 is 44.3 Å². The van der Waals surface area contributed by atoms with Gasteiger partial charge in [0.1, 0.15) is 5.41 Å². The van der Waals surface area contributed by atoms with Crippen LogP contribution in [0.25, 0.3) is 11.1 Å². The van der Waals surface area contributed by atoms with E-state index in [0.29, 0.717) is 6.42 Å². The summed E-state index contributed by atoms with van der Waals surface area (Å²) in [4.78, 5) is 27.1. The first-order valence-electron chi connectivity index (χ1n) is 10.1. The van der Waals surface area contributed by atoms with Gasteiger partial charge in [-0.3, -0.25) is 9.59 Å². The third-order valence-corrected chi connectivity index (χ3v) is 5.46. The summed E-state index contributed by atoms with van der Waals surface area (Å²) in [7, 11) is 0. The molecule has 31 heavy (non-hydrogen) atoms. The second kappa shape index (κ2) is 12.4. The van der Waals surface area contributed by atoms with E-state index in [1.807, 2.05) is 68.4 Å². The molecule has 1 heterocycles. The Hall–Kier alpha value is -2.46. The van der Waals surface area contributed by atoms with E-state index in [-0.39, 0.29) is 35.5 Å². The molecule has 2 aromatic rings. The summed E-state index contributed by atoms with van der Waals surface area (Å²) in [6, 6.07) is 18.9. The van der Waals surface area contributed by atoms with Gasteiger partial charge in [0.25, 0.3) is 5.91 Å². The van der Waals surface area contributed by atoms with Crippen LogP contribution in [-0.4, -0.2) is 17.8 Å². The maximum Gasteiger partial charge on any atom is 1.00 e. The molecule has 7 heteroatoms. The standard InChI is InChI=1S/C13H9N.C11H18N2O3.Na/c14-10-12-8-4-5-9-13(12)11-6-2-1-3-7-11;1-4-6-7(3)11(5-2)8(14)12-10(16)13-9(11)15;/h1-9H;7H,4-6H2,1-3H3,(H2,12,13,14,15,16);/q;;+1/p-1. The first-order chi connectivity index (χ1) is 14.4. The Labute approximate surface area is 205 Å². The number of nitriles is 1. The number of nitrogens with one attached hydrogen (secondary N) is 1. The molecule has 2 unspecified atom stereocenters. The summed E-state index contributed by atoms with van der Waals surface area (Å²) in [5.41, 5.74) is 1.66. The fourth-order valence-corrected chi connectivity index (χ4v) is 3.75. The molecular formula is C24H26N3NaO3. The minimum atomic E-state index is -1.15. The van der Waals surface area contributed by atoms with Crippen molar-refractivity contribution in [2.24, 2.45) is 16.3 Å². The summed E-state index contributed by atoms with van der Waals surface area (Å²) in [6.07, 6.45) is 2.02.